The molecular weight excluding hydrogens is 212 g/mol. The molecule has 0 aromatic heterocycles. The molecule has 0 atom stereocenters. The maximum Gasteiger partial charge on any atom is 0.0587 e. The molecule has 0 heterocycles. The highest BCUT2D eigenvalue weighted by molar-refractivity contribution is 4.67. The van der Waals surface area contributed by atoms with E-state index in [1.807, 2.05) is 0 Å². The van der Waals surface area contributed by atoms with Crippen LogP contribution in [0.5, 0.6) is 0 Å². The van der Waals surface area contributed by atoms with E-state index < -0.39 is 0 Å². The summed E-state index contributed by atoms with van der Waals surface area (Å²) >= 11 is 0. The van der Waals surface area contributed by atoms with Crippen molar-refractivity contribution in [3.8, 4) is 0 Å². The van der Waals surface area contributed by atoms with Gasteiger partial charge in [0.05, 0.1) is 6.61 Å². The minimum absolute atomic E-state index is 0.815. The van der Waals surface area contributed by atoms with Crippen LogP contribution in [0.25, 0.3) is 0 Å². The first kappa shape index (κ1) is 14.9. The molecule has 0 unspecified atom stereocenters. The van der Waals surface area contributed by atoms with E-state index in [2.05, 4.69) is 10.6 Å². The molecule has 17 heavy (non-hydrogen) atoms. The van der Waals surface area contributed by atoms with E-state index in [4.69, 9.17) is 4.74 Å². The van der Waals surface area contributed by atoms with Crippen LogP contribution >= 0.6 is 0 Å². The summed E-state index contributed by atoms with van der Waals surface area (Å²) in [6.07, 6.45) is 9.92. The predicted octanol–water partition coefficient (Wildman–Crippen LogP) is 2.17. The molecule has 2 N–H and O–H groups in total. The lowest BCUT2D eigenvalue weighted by atomic mass is 10.0. The van der Waals surface area contributed by atoms with E-state index in [-0.39, 0.29) is 0 Å². The number of methoxy groups -OCH3 is 1. The maximum absolute atomic E-state index is 4.98. The predicted molar refractivity (Wildman–Crippen MR) is 73.4 cm³/mol. The molecule has 1 saturated carbocycles. The van der Waals surface area contributed by atoms with Gasteiger partial charge in [0.15, 0.2) is 0 Å². The smallest absolute Gasteiger partial charge is 0.0587 e. The van der Waals surface area contributed by atoms with Crippen molar-refractivity contribution < 1.29 is 4.74 Å². The fourth-order valence-electron chi connectivity index (χ4n) is 2.51. The van der Waals surface area contributed by atoms with Crippen molar-refractivity contribution in [3.63, 3.8) is 0 Å². The number of nitrogens with one attached hydrogen (secondary N) is 2. The topological polar surface area (TPSA) is 33.3 Å². The molecule has 0 aliphatic heterocycles. The number of rotatable bonds is 9. The van der Waals surface area contributed by atoms with E-state index in [1.165, 1.54) is 51.5 Å². The van der Waals surface area contributed by atoms with Gasteiger partial charge in [-0.2, -0.15) is 0 Å². The van der Waals surface area contributed by atoms with Crippen LogP contribution in [0.3, 0.4) is 0 Å². The number of hydrogen-bond acceptors (Lipinski definition) is 3. The molecule has 102 valence electrons. The fourth-order valence-corrected chi connectivity index (χ4v) is 2.51. The summed E-state index contributed by atoms with van der Waals surface area (Å²) < 4.78 is 4.98. The molecule has 1 fully saturated rings. The van der Waals surface area contributed by atoms with Gasteiger partial charge in [0.1, 0.15) is 0 Å². The van der Waals surface area contributed by atoms with Crippen LogP contribution in [0.1, 0.15) is 44.9 Å². The first-order valence-electron chi connectivity index (χ1n) is 7.34. The Kier molecular flexibility index (Phi) is 9.66. The third kappa shape index (κ3) is 8.58. The molecule has 1 aliphatic rings. The van der Waals surface area contributed by atoms with Crippen molar-refractivity contribution in [2.75, 3.05) is 39.9 Å². The summed E-state index contributed by atoms with van der Waals surface area (Å²) in [6, 6.07) is 0. The molecule has 3 heteroatoms. The molecule has 0 aromatic rings. The second kappa shape index (κ2) is 11.0. The monoisotopic (exact) mass is 242 g/mol. The molecule has 0 saturated heterocycles. The molecular formula is C14H30N2O. The van der Waals surface area contributed by atoms with Gasteiger partial charge in [-0.3, -0.25) is 0 Å². The highest BCUT2D eigenvalue weighted by Gasteiger charge is 2.10. The van der Waals surface area contributed by atoms with Crippen LogP contribution < -0.4 is 10.6 Å². The lowest BCUT2D eigenvalue weighted by Gasteiger charge is -2.14. The van der Waals surface area contributed by atoms with Gasteiger partial charge in [-0.1, -0.05) is 25.7 Å². The van der Waals surface area contributed by atoms with Gasteiger partial charge in [0.2, 0.25) is 0 Å². The van der Waals surface area contributed by atoms with Gasteiger partial charge in [0, 0.05) is 13.7 Å². The van der Waals surface area contributed by atoms with Gasteiger partial charge in [0.25, 0.3) is 0 Å². The Balaban J connectivity index is 1.82. The van der Waals surface area contributed by atoms with Crippen LogP contribution in [-0.2, 0) is 4.74 Å². The second-order valence-electron chi connectivity index (χ2n) is 5.16. The highest BCUT2D eigenvalue weighted by Crippen LogP contribution is 2.21. The van der Waals surface area contributed by atoms with Crippen molar-refractivity contribution in [2.24, 2.45) is 5.92 Å². The summed E-state index contributed by atoms with van der Waals surface area (Å²) in [7, 11) is 1.75. The molecule has 0 radical (unpaired) electrons. The van der Waals surface area contributed by atoms with E-state index in [1.54, 1.807) is 7.11 Å². The molecule has 0 bridgehead atoms. The minimum atomic E-state index is 0.815. The van der Waals surface area contributed by atoms with Crippen molar-refractivity contribution in [3.05, 3.63) is 0 Å². The lowest BCUT2D eigenvalue weighted by molar-refractivity contribution is 0.199. The summed E-state index contributed by atoms with van der Waals surface area (Å²) in [5.74, 6) is 0.943. The highest BCUT2D eigenvalue weighted by atomic mass is 16.5. The maximum atomic E-state index is 4.98. The summed E-state index contributed by atoms with van der Waals surface area (Å²) in [5.41, 5.74) is 0. The molecule has 0 aromatic carbocycles. The van der Waals surface area contributed by atoms with E-state index in [9.17, 15) is 0 Å². The van der Waals surface area contributed by atoms with Gasteiger partial charge in [-0.15, -0.1) is 0 Å². The van der Waals surface area contributed by atoms with Crippen LogP contribution in [-0.4, -0.2) is 39.9 Å². The Bertz CT molecular complexity index is 156. The van der Waals surface area contributed by atoms with Gasteiger partial charge in [-0.05, 0) is 44.8 Å². The van der Waals surface area contributed by atoms with E-state index in [0.29, 0.717) is 0 Å². The van der Waals surface area contributed by atoms with Crippen LogP contribution in [0.15, 0.2) is 0 Å². The quantitative estimate of drug-likeness (QED) is 0.480. The first-order valence-corrected chi connectivity index (χ1v) is 7.34. The Morgan fingerprint density at radius 1 is 0.941 bits per heavy atom. The Morgan fingerprint density at radius 2 is 1.65 bits per heavy atom. The largest absolute Gasteiger partial charge is 0.383 e. The summed E-state index contributed by atoms with van der Waals surface area (Å²) in [6.45, 7) is 5.27. The van der Waals surface area contributed by atoms with Crippen LogP contribution in [0.2, 0.25) is 0 Å². The Labute approximate surface area is 107 Å². The van der Waals surface area contributed by atoms with Gasteiger partial charge >= 0.3 is 0 Å². The minimum Gasteiger partial charge on any atom is -0.383 e. The van der Waals surface area contributed by atoms with Crippen LogP contribution in [0.4, 0.5) is 0 Å². The SMILES string of the molecule is COCCNCCCNCC1CCCCCC1. The lowest BCUT2D eigenvalue weighted by Crippen LogP contribution is -2.27. The molecule has 1 aliphatic carbocycles. The van der Waals surface area contributed by atoms with Crippen molar-refractivity contribution in [2.45, 2.75) is 44.9 Å². The summed E-state index contributed by atoms with van der Waals surface area (Å²) in [4.78, 5) is 0. The standard InChI is InChI=1S/C14H30N2O/c1-17-12-11-15-9-6-10-16-13-14-7-4-2-3-5-8-14/h14-16H,2-13H2,1H3. The van der Waals surface area contributed by atoms with E-state index >= 15 is 0 Å². The third-order valence-electron chi connectivity index (χ3n) is 3.60. The molecule has 1 rings (SSSR count). The zero-order valence-electron chi connectivity index (χ0n) is 11.5. The van der Waals surface area contributed by atoms with Crippen molar-refractivity contribution >= 4 is 0 Å². The average molecular weight is 242 g/mol. The summed E-state index contributed by atoms with van der Waals surface area (Å²) in [5, 5.41) is 6.97. The molecule has 0 spiro atoms. The van der Waals surface area contributed by atoms with Gasteiger partial charge < -0.3 is 15.4 Å². The number of hydrogen-bond donors (Lipinski definition) is 2. The Morgan fingerprint density at radius 3 is 2.35 bits per heavy atom. The van der Waals surface area contributed by atoms with Crippen molar-refractivity contribution in [1.82, 2.24) is 10.6 Å². The fraction of sp³-hybridized carbons (Fsp3) is 1.00. The zero-order valence-corrected chi connectivity index (χ0v) is 11.5. The van der Waals surface area contributed by atoms with E-state index in [0.717, 1.165) is 32.2 Å². The zero-order chi connectivity index (χ0) is 12.2. The average Bonchev–Trinajstić information content (AvgIpc) is 2.61. The molecule has 0 amide bonds. The molecule has 3 nitrogen and oxygen atoms in total. The normalized spacial score (nSPS) is 18.2. The second-order valence-corrected chi connectivity index (χ2v) is 5.16. The Hall–Kier alpha value is -0.120. The third-order valence-corrected chi connectivity index (χ3v) is 3.60. The van der Waals surface area contributed by atoms with Crippen LogP contribution in [0, 0.1) is 5.92 Å². The first-order chi connectivity index (χ1) is 8.43. The van der Waals surface area contributed by atoms with Gasteiger partial charge in [-0.25, -0.2) is 0 Å². The number of ether oxygens (including phenoxy) is 1. The van der Waals surface area contributed by atoms with Crippen molar-refractivity contribution in [1.29, 1.82) is 0 Å².